The van der Waals surface area contributed by atoms with Crippen molar-refractivity contribution in [1.29, 1.82) is 0 Å². The van der Waals surface area contributed by atoms with Crippen LogP contribution in [0.15, 0.2) is 87.1 Å². The summed E-state index contributed by atoms with van der Waals surface area (Å²) < 4.78 is 13.2. The number of carbonyl (C=O) groups excluding carboxylic acids is 3. The predicted octanol–water partition coefficient (Wildman–Crippen LogP) is 5.12. The quantitative estimate of drug-likeness (QED) is 0.273. The minimum atomic E-state index is -0.802. The second-order valence-electron chi connectivity index (χ2n) is 9.68. The van der Waals surface area contributed by atoms with Gasteiger partial charge in [0.15, 0.2) is 11.5 Å². The largest absolute Gasteiger partial charge is 0.493 e. The zero-order valence-electron chi connectivity index (χ0n) is 22.4. The monoisotopic (exact) mass is 665 g/mol. The molecular formula is C30H24BrN3O6S2. The van der Waals surface area contributed by atoms with E-state index in [1.807, 2.05) is 12.1 Å². The molecule has 2 aliphatic heterocycles. The number of aromatic nitrogens is 1. The topological polar surface area (TPSA) is 107 Å². The first-order chi connectivity index (χ1) is 20.3. The molecule has 0 saturated carbocycles. The van der Waals surface area contributed by atoms with Crippen molar-refractivity contribution in [2.24, 2.45) is 5.92 Å². The highest BCUT2D eigenvalue weighted by Gasteiger charge is 2.57. The molecule has 42 heavy (non-hydrogen) atoms. The number of thiazole rings is 1. The Morgan fingerprint density at radius 3 is 2.33 bits per heavy atom. The molecule has 3 aromatic carbocycles. The van der Waals surface area contributed by atoms with Crippen LogP contribution in [-0.2, 0) is 20.9 Å². The first kappa shape index (κ1) is 28.3. The summed E-state index contributed by atoms with van der Waals surface area (Å²) in [7, 11) is 3.05. The number of para-hydroxylation sites is 1. The molecule has 0 aliphatic carbocycles. The number of amides is 3. The number of hydrogen-bond acceptors (Lipinski definition) is 8. The summed E-state index contributed by atoms with van der Waals surface area (Å²) in [6.45, 7) is -0.235. The molecule has 1 aromatic heterocycles. The van der Waals surface area contributed by atoms with E-state index in [-0.39, 0.29) is 29.1 Å². The second-order valence-corrected chi connectivity index (χ2v) is 12.7. The summed E-state index contributed by atoms with van der Waals surface area (Å²) in [5, 5.41) is 2.52. The lowest BCUT2D eigenvalue weighted by Crippen LogP contribution is -2.33. The van der Waals surface area contributed by atoms with Crippen molar-refractivity contribution in [3.05, 3.63) is 97.4 Å². The van der Waals surface area contributed by atoms with E-state index < -0.39 is 17.1 Å². The van der Waals surface area contributed by atoms with Gasteiger partial charge in [-0.15, -0.1) is 0 Å². The van der Waals surface area contributed by atoms with E-state index in [0.717, 1.165) is 15.8 Å². The van der Waals surface area contributed by atoms with Crippen LogP contribution in [0.5, 0.6) is 11.5 Å². The molecule has 3 heterocycles. The van der Waals surface area contributed by atoms with Gasteiger partial charge < -0.3 is 14.8 Å². The minimum absolute atomic E-state index is 0.235. The number of benzene rings is 3. The van der Waals surface area contributed by atoms with Gasteiger partial charge in [-0.2, -0.15) is 0 Å². The first-order valence-corrected chi connectivity index (χ1v) is 15.4. The second kappa shape index (κ2) is 11.4. The smallest absolute Gasteiger partial charge is 0.308 e. The minimum Gasteiger partial charge on any atom is -0.493 e. The lowest BCUT2D eigenvalue weighted by molar-refractivity contribution is -0.122. The van der Waals surface area contributed by atoms with Crippen LogP contribution < -0.4 is 24.6 Å². The van der Waals surface area contributed by atoms with E-state index in [2.05, 4.69) is 21.2 Å². The number of carbonyl (C=O) groups is 3. The molecule has 2 unspecified atom stereocenters. The maximum absolute atomic E-state index is 14.1. The van der Waals surface area contributed by atoms with Crippen LogP contribution in [0.3, 0.4) is 0 Å². The molecule has 0 radical (unpaired) electrons. The highest BCUT2D eigenvalue weighted by atomic mass is 79.9. The van der Waals surface area contributed by atoms with Crippen LogP contribution in [0.25, 0.3) is 0 Å². The lowest BCUT2D eigenvalue weighted by atomic mass is 9.83. The number of thioether (sulfide) groups is 1. The Balaban J connectivity index is 1.45. The summed E-state index contributed by atoms with van der Waals surface area (Å²) >= 11 is 5.56. The van der Waals surface area contributed by atoms with Gasteiger partial charge in [0.2, 0.25) is 17.7 Å². The van der Waals surface area contributed by atoms with Crippen molar-refractivity contribution >= 4 is 68.1 Å². The van der Waals surface area contributed by atoms with E-state index in [1.165, 1.54) is 35.4 Å². The van der Waals surface area contributed by atoms with Crippen molar-refractivity contribution in [2.45, 2.75) is 22.7 Å². The fourth-order valence-electron chi connectivity index (χ4n) is 5.37. The van der Waals surface area contributed by atoms with E-state index in [1.54, 1.807) is 60.7 Å². The number of halogens is 1. The van der Waals surface area contributed by atoms with Crippen LogP contribution in [0.2, 0.25) is 0 Å². The van der Waals surface area contributed by atoms with Gasteiger partial charge in [0, 0.05) is 21.0 Å². The highest BCUT2D eigenvalue weighted by molar-refractivity contribution is 9.10. The van der Waals surface area contributed by atoms with Gasteiger partial charge in [0.05, 0.1) is 30.9 Å². The maximum Gasteiger partial charge on any atom is 0.308 e. The Morgan fingerprint density at radius 2 is 1.64 bits per heavy atom. The number of nitrogens with zero attached hydrogens (tertiary/aromatic N) is 2. The summed E-state index contributed by atoms with van der Waals surface area (Å²) in [4.78, 5) is 55.8. The molecule has 9 nitrogen and oxygen atoms in total. The normalized spacial score (nSPS) is 19.3. The van der Waals surface area contributed by atoms with Gasteiger partial charge in [-0.05, 0) is 54.1 Å². The maximum atomic E-state index is 14.1. The fraction of sp³-hybridized carbons (Fsp3) is 0.200. The molecule has 12 heteroatoms. The third-order valence-corrected chi connectivity index (χ3v) is 10.4. The van der Waals surface area contributed by atoms with Gasteiger partial charge in [-0.3, -0.25) is 23.7 Å². The Hall–Kier alpha value is -3.87. The number of anilines is 2. The summed E-state index contributed by atoms with van der Waals surface area (Å²) in [5.41, 5.74) is 1.78. The molecule has 3 amide bonds. The van der Waals surface area contributed by atoms with Crippen LogP contribution in [0, 0.1) is 5.92 Å². The summed E-state index contributed by atoms with van der Waals surface area (Å²) in [6.07, 6.45) is 0. The van der Waals surface area contributed by atoms with Crippen molar-refractivity contribution < 1.29 is 23.9 Å². The van der Waals surface area contributed by atoms with Crippen molar-refractivity contribution in [3.8, 4) is 11.5 Å². The fourth-order valence-corrected chi connectivity index (χ4v) is 8.41. The number of methoxy groups -OCH3 is 2. The third-order valence-electron chi connectivity index (χ3n) is 7.26. The standard InChI is InChI=1S/C30H24BrN3O6S2/c1-39-20-13-8-16(14-21(20)40-2)23-24-25(28(37)34(27(24)36)19-11-9-17(31)10-12-19)41-29-26(23)42-30(38)33(29)15-22(35)32-18-6-4-3-5-7-18/h3-14,23-25H,15H2,1-2H3,(H,32,35)/t23-,24?,25?/m0/s1. The van der Waals surface area contributed by atoms with Crippen molar-refractivity contribution in [1.82, 2.24) is 4.57 Å². The lowest BCUT2D eigenvalue weighted by Gasteiger charge is -2.31. The molecule has 214 valence electrons. The summed E-state index contributed by atoms with van der Waals surface area (Å²) in [5.74, 6) is -1.52. The van der Waals surface area contributed by atoms with Gasteiger partial charge in [0.25, 0.3) is 0 Å². The van der Waals surface area contributed by atoms with Crippen LogP contribution >= 0.6 is 39.0 Å². The predicted molar refractivity (Wildman–Crippen MR) is 165 cm³/mol. The summed E-state index contributed by atoms with van der Waals surface area (Å²) in [6, 6.07) is 21.3. The van der Waals surface area contributed by atoms with Gasteiger partial charge in [-0.1, -0.05) is 63.3 Å². The number of nitrogens with one attached hydrogen (secondary N) is 1. The molecule has 6 rings (SSSR count). The zero-order chi connectivity index (χ0) is 29.5. The Kier molecular flexibility index (Phi) is 7.69. The zero-order valence-corrected chi connectivity index (χ0v) is 25.6. The molecule has 0 spiro atoms. The molecular weight excluding hydrogens is 642 g/mol. The Labute approximate surface area is 257 Å². The van der Waals surface area contributed by atoms with Crippen molar-refractivity contribution in [2.75, 3.05) is 24.4 Å². The molecule has 3 atom stereocenters. The van der Waals surface area contributed by atoms with Crippen LogP contribution in [0.4, 0.5) is 11.4 Å². The van der Waals surface area contributed by atoms with Gasteiger partial charge in [0.1, 0.15) is 11.8 Å². The number of imide groups is 1. The average Bonchev–Trinajstić information content (AvgIpc) is 3.44. The third kappa shape index (κ3) is 4.93. The first-order valence-electron chi connectivity index (χ1n) is 12.9. The average molecular weight is 667 g/mol. The SMILES string of the molecule is COc1ccc([C@@H]2c3sc(=O)n(CC(=O)Nc4ccccc4)c3SC3C(=O)N(c4ccc(Br)cc4)C(=O)C32)cc1OC. The van der Waals surface area contributed by atoms with Crippen molar-refractivity contribution in [3.63, 3.8) is 0 Å². The Bertz CT molecular complexity index is 1760. The van der Waals surface area contributed by atoms with Gasteiger partial charge >= 0.3 is 4.87 Å². The Morgan fingerprint density at radius 1 is 0.929 bits per heavy atom. The molecule has 4 aromatic rings. The number of hydrogen-bond donors (Lipinski definition) is 1. The molecule has 1 fully saturated rings. The van der Waals surface area contributed by atoms with Crippen LogP contribution in [-0.4, -0.2) is 41.8 Å². The van der Waals surface area contributed by atoms with E-state index in [9.17, 15) is 19.2 Å². The van der Waals surface area contributed by atoms with Crippen LogP contribution in [0.1, 0.15) is 16.4 Å². The highest BCUT2D eigenvalue weighted by Crippen LogP contribution is 2.54. The van der Waals surface area contributed by atoms with E-state index >= 15 is 0 Å². The molecule has 1 N–H and O–H groups in total. The molecule has 1 saturated heterocycles. The number of fused-ring (bicyclic) bond motifs is 2. The van der Waals surface area contributed by atoms with E-state index in [4.69, 9.17) is 9.47 Å². The number of rotatable bonds is 7. The number of ether oxygens (including phenoxy) is 2. The van der Waals surface area contributed by atoms with Gasteiger partial charge in [-0.25, -0.2) is 4.90 Å². The van der Waals surface area contributed by atoms with E-state index in [0.29, 0.717) is 38.3 Å². The molecule has 0 bridgehead atoms. The molecule has 2 aliphatic rings.